The first-order chi connectivity index (χ1) is 12.9. The molecule has 0 radical (unpaired) electrons. The van der Waals surface area contributed by atoms with Crippen LogP contribution in [0.2, 0.25) is 5.02 Å². The highest BCUT2D eigenvalue weighted by molar-refractivity contribution is 6.35. The van der Waals surface area contributed by atoms with E-state index < -0.39 is 11.8 Å². The summed E-state index contributed by atoms with van der Waals surface area (Å²) in [5.41, 5.74) is 5.94. The second-order valence-electron chi connectivity index (χ2n) is 5.94. The van der Waals surface area contributed by atoms with Gasteiger partial charge in [0, 0.05) is 47.9 Å². The number of nitrogens with one attached hydrogen (secondary N) is 2. The lowest BCUT2D eigenvalue weighted by molar-refractivity contribution is -0.139. The number of methoxy groups -OCH3 is 1. The van der Waals surface area contributed by atoms with E-state index in [1.54, 1.807) is 7.11 Å². The molecule has 1 heterocycles. The summed E-state index contributed by atoms with van der Waals surface area (Å²) in [5, 5.41) is 7.03. The molecular formula is C19H23ClN4O3. The van der Waals surface area contributed by atoms with E-state index in [-0.39, 0.29) is 0 Å². The third-order valence-corrected chi connectivity index (χ3v) is 4.16. The smallest absolute Gasteiger partial charge is 0.329 e. The van der Waals surface area contributed by atoms with Crippen LogP contribution >= 0.6 is 11.6 Å². The Kier molecular flexibility index (Phi) is 7.57. The normalized spacial score (nSPS) is 11.0. The number of rotatable bonds is 7. The third-order valence-electron chi connectivity index (χ3n) is 3.92. The zero-order chi connectivity index (χ0) is 19.8. The minimum Gasteiger partial charge on any atom is -0.385 e. The number of carbonyl (C=O) groups excluding carboxylic acids is 2. The van der Waals surface area contributed by atoms with Crippen molar-refractivity contribution in [2.75, 3.05) is 20.3 Å². The summed E-state index contributed by atoms with van der Waals surface area (Å²) < 4.78 is 6.91. The lowest BCUT2D eigenvalue weighted by Crippen LogP contribution is -2.38. The van der Waals surface area contributed by atoms with Gasteiger partial charge in [-0.2, -0.15) is 5.10 Å². The Balaban J connectivity index is 2.00. The van der Waals surface area contributed by atoms with Gasteiger partial charge in [0.2, 0.25) is 0 Å². The molecule has 0 atom stereocenters. The van der Waals surface area contributed by atoms with Gasteiger partial charge in [0.15, 0.2) is 0 Å². The van der Waals surface area contributed by atoms with Crippen LogP contribution in [0.3, 0.4) is 0 Å². The third kappa shape index (κ3) is 5.67. The van der Waals surface area contributed by atoms with E-state index in [4.69, 9.17) is 16.3 Å². The topological polar surface area (TPSA) is 84.7 Å². The van der Waals surface area contributed by atoms with Crippen LogP contribution < -0.4 is 10.7 Å². The molecular weight excluding hydrogens is 368 g/mol. The van der Waals surface area contributed by atoms with Crippen molar-refractivity contribution in [2.24, 2.45) is 5.10 Å². The number of aromatic nitrogens is 1. The molecule has 1 aromatic carbocycles. The van der Waals surface area contributed by atoms with Crippen LogP contribution in [0.15, 0.2) is 35.4 Å². The van der Waals surface area contributed by atoms with E-state index in [1.165, 1.54) is 6.21 Å². The predicted molar refractivity (Wildman–Crippen MR) is 105 cm³/mol. The SMILES string of the molecule is COCCCNC(=O)C(=O)N/N=C\c1cc(C)n(-c2cccc(Cl)c2)c1C. The van der Waals surface area contributed by atoms with Gasteiger partial charge in [-0.25, -0.2) is 5.43 Å². The van der Waals surface area contributed by atoms with E-state index in [0.717, 1.165) is 22.6 Å². The van der Waals surface area contributed by atoms with Crippen molar-refractivity contribution >= 4 is 29.6 Å². The molecule has 2 rings (SSSR count). The number of hydrogen-bond donors (Lipinski definition) is 2. The molecule has 2 aromatic rings. The van der Waals surface area contributed by atoms with Gasteiger partial charge in [-0.05, 0) is 44.5 Å². The number of amides is 2. The van der Waals surface area contributed by atoms with E-state index in [1.807, 2.05) is 48.7 Å². The number of halogens is 1. The van der Waals surface area contributed by atoms with Crippen LogP contribution in [0, 0.1) is 13.8 Å². The number of hydrogen-bond acceptors (Lipinski definition) is 4. The van der Waals surface area contributed by atoms with Crippen LogP contribution in [-0.2, 0) is 14.3 Å². The van der Waals surface area contributed by atoms with Gasteiger partial charge in [-0.3, -0.25) is 9.59 Å². The van der Waals surface area contributed by atoms with E-state index in [0.29, 0.717) is 24.6 Å². The van der Waals surface area contributed by atoms with Gasteiger partial charge in [-0.15, -0.1) is 0 Å². The van der Waals surface area contributed by atoms with Crippen LogP contribution in [0.1, 0.15) is 23.4 Å². The van der Waals surface area contributed by atoms with Crippen LogP contribution in [0.5, 0.6) is 0 Å². The predicted octanol–water partition coefficient (Wildman–Crippen LogP) is 2.35. The van der Waals surface area contributed by atoms with E-state index >= 15 is 0 Å². The van der Waals surface area contributed by atoms with E-state index in [9.17, 15) is 9.59 Å². The van der Waals surface area contributed by atoms with Gasteiger partial charge < -0.3 is 14.6 Å². The Hall–Kier alpha value is -2.64. The molecule has 2 N–H and O–H groups in total. The number of hydrazone groups is 1. The first kappa shape index (κ1) is 20.7. The van der Waals surface area contributed by atoms with Crippen LogP contribution in [0.25, 0.3) is 5.69 Å². The molecule has 7 nitrogen and oxygen atoms in total. The fraction of sp³-hybridized carbons (Fsp3) is 0.316. The highest BCUT2D eigenvalue weighted by atomic mass is 35.5. The monoisotopic (exact) mass is 390 g/mol. The second-order valence-corrected chi connectivity index (χ2v) is 6.38. The maximum absolute atomic E-state index is 11.7. The summed E-state index contributed by atoms with van der Waals surface area (Å²) in [4.78, 5) is 23.4. The average Bonchev–Trinajstić information content (AvgIpc) is 2.92. The molecule has 0 aliphatic carbocycles. The average molecular weight is 391 g/mol. The lowest BCUT2D eigenvalue weighted by atomic mass is 10.2. The lowest BCUT2D eigenvalue weighted by Gasteiger charge is -2.09. The van der Waals surface area contributed by atoms with Crippen molar-refractivity contribution in [3.05, 3.63) is 52.3 Å². The molecule has 27 heavy (non-hydrogen) atoms. The minimum absolute atomic E-state index is 0.366. The summed E-state index contributed by atoms with van der Waals surface area (Å²) in [7, 11) is 1.58. The number of carbonyl (C=O) groups is 2. The van der Waals surface area contributed by atoms with Crippen molar-refractivity contribution in [1.82, 2.24) is 15.3 Å². The number of aryl methyl sites for hydroxylation is 1. The largest absolute Gasteiger partial charge is 0.385 e. The Bertz CT molecular complexity index is 845. The molecule has 2 amide bonds. The zero-order valence-corrected chi connectivity index (χ0v) is 16.3. The zero-order valence-electron chi connectivity index (χ0n) is 15.6. The Labute approximate surface area is 163 Å². The summed E-state index contributed by atoms with van der Waals surface area (Å²) in [6.07, 6.45) is 2.15. The molecule has 0 unspecified atom stereocenters. The van der Waals surface area contributed by atoms with Crippen molar-refractivity contribution in [1.29, 1.82) is 0 Å². The summed E-state index contributed by atoms with van der Waals surface area (Å²) in [6.45, 7) is 4.80. The van der Waals surface area contributed by atoms with Gasteiger partial charge >= 0.3 is 11.8 Å². The Morgan fingerprint density at radius 2 is 2.04 bits per heavy atom. The Morgan fingerprint density at radius 3 is 2.74 bits per heavy atom. The first-order valence-corrected chi connectivity index (χ1v) is 8.87. The van der Waals surface area contributed by atoms with Gasteiger partial charge in [0.05, 0.1) is 6.21 Å². The van der Waals surface area contributed by atoms with Gasteiger partial charge in [0.1, 0.15) is 0 Å². The molecule has 0 bridgehead atoms. The van der Waals surface area contributed by atoms with Gasteiger partial charge in [-0.1, -0.05) is 17.7 Å². The first-order valence-electron chi connectivity index (χ1n) is 8.49. The molecule has 0 aliphatic heterocycles. The molecule has 0 saturated heterocycles. The number of nitrogens with zero attached hydrogens (tertiary/aromatic N) is 2. The highest BCUT2D eigenvalue weighted by Crippen LogP contribution is 2.22. The van der Waals surface area contributed by atoms with Crippen LogP contribution in [0.4, 0.5) is 0 Å². The molecule has 0 spiro atoms. The van der Waals surface area contributed by atoms with E-state index in [2.05, 4.69) is 15.8 Å². The van der Waals surface area contributed by atoms with Crippen molar-refractivity contribution in [3.63, 3.8) is 0 Å². The maximum atomic E-state index is 11.7. The van der Waals surface area contributed by atoms with Crippen LogP contribution in [-0.4, -0.2) is 42.9 Å². The molecule has 8 heteroatoms. The molecule has 1 aromatic heterocycles. The standard InChI is InChI=1S/C19H23ClN4O3/c1-13-10-15(14(2)24(13)17-7-4-6-16(20)11-17)12-22-23-19(26)18(25)21-8-5-9-27-3/h4,6-7,10-12H,5,8-9H2,1-3H3,(H,21,25)(H,23,26)/b22-12-. The summed E-state index contributed by atoms with van der Waals surface area (Å²) >= 11 is 6.08. The maximum Gasteiger partial charge on any atom is 0.329 e. The minimum atomic E-state index is -0.813. The highest BCUT2D eigenvalue weighted by Gasteiger charge is 2.12. The second kappa shape index (κ2) is 9.89. The Morgan fingerprint density at radius 1 is 1.26 bits per heavy atom. The van der Waals surface area contributed by atoms with Gasteiger partial charge in [0.25, 0.3) is 0 Å². The summed E-state index contributed by atoms with van der Waals surface area (Å²) in [6, 6.07) is 9.48. The number of ether oxygens (including phenoxy) is 1. The van der Waals surface area contributed by atoms with Crippen molar-refractivity contribution in [2.45, 2.75) is 20.3 Å². The summed E-state index contributed by atoms with van der Waals surface area (Å²) in [5.74, 6) is -1.54. The molecule has 0 aliphatic rings. The fourth-order valence-electron chi connectivity index (χ4n) is 2.64. The molecule has 0 saturated carbocycles. The molecule has 0 fully saturated rings. The molecule has 144 valence electrons. The quantitative estimate of drug-likeness (QED) is 0.329. The number of benzene rings is 1. The van der Waals surface area contributed by atoms with Crippen molar-refractivity contribution < 1.29 is 14.3 Å². The van der Waals surface area contributed by atoms with Crippen molar-refractivity contribution in [3.8, 4) is 5.69 Å². The fourth-order valence-corrected chi connectivity index (χ4v) is 2.83.